The monoisotopic (exact) mass is 460 g/mol. The molecule has 4 atom stereocenters. The van der Waals surface area contributed by atoms with E-state index in [0.29, 0.717) is 13.0 Å². The Kier molecular flexibility index (Phi) is 9.55. The molecule has 1 aliphatic heterocycles. The lowest BCUT2D eigenvalue weighted by Gasteiger charge is -2.31. The van der Waals surface area contributed by atoms with Gasteiger partial charge in [0, 0.05) is 13.0 Å². The zero-order valence-electron chi connectivity index (χ0n) is 18.7. The number of carbonyl (C=O) groups excluding carboxylic acids is 3. The van der Waals surface area contributed by atoms with E-state index in [1.54, 1.807) is 18.9 Å². The maximum absolute atomic E-state index is 13.2. The van der Waals surface area contributed by atoms with Crippen LogP contribution in [0, 0.1) is 12.3 Å². The lowest BCUT2D eigenvalue weighted by atomic mass is 9.87. The summed E-state index contributed by atoms with van der Waals surface area (Å²) in [5.41, 5.74) is 2.44. The largest absolute Gasteiger partial charge is 0.347 e. The van der Waals surface area contributed by atoms with Crippen LogP contribution < -0.4 is 16.0 Å². The zero-order chi connectivity index (χ0) is 22.4. The van der Waals surface area contributed by atoms with E-state index in [-0.39, 0.29) is 42.6 Å². The molecule has 0 aromatic heterocycles. The van der Waals surface area contributed by atoms with Gasteiger partial charge in [0.05, 0.1) is 12.1 Å². The van der Waals surface area contributed by atoms with Gasteiger partial charge in [-0.25, -0.2) is 0 Å². The Morgan fingerprint density at radius 1 is 1.22 bits per heavy atom. The molecule has 174 valence electrons. The second-order valence-corrected chi connectivity index (χ2v) is 8.32. The van der Waals surface area contributed by atoms with Gasteiger partial charge in [-0.2, -0.15) is 0 Å². The normalized spacial score (nSPS) is 21.3. The fourth-order valence-electron chi connectivity index (χ4n) is 4.42. The Balaban J connectivity index is 0.00000363. The van der Waals surface area contributed by atoms with Crippen LogP contribution in [0.1, 0.15) is 56.2 Å². The van der Waals surface area contributed by atoms with E-state index in [4.69, 9.17) is 6.42 Å². The number of hydrogen-bond donors (Lipinski definition) is 3. The van der Waals surface area contributed by atoms with Crippen molar-refractivity contribution >= 4 is 30.1 Å². The molecule has 0 radical (unpaired) electrons. The fraction of sp³-hybridized carbons (Fsp3) is 0.542. The van der Waals surface area contributed by atoms with Crippen molar-refractivity contribution in [1.29, 1.82) is 0 Å². The van der Waals surface area contributed by atoms with Gasteiger partial charge in [-0.1, -0.05) is 24.3 Å². The second kappa shape index (κ2) is 11.9. The molecule has 3 amide bonds. The number of carbonyl (C=O) groups is 3. The van der Waals surface area contributed by atoms with Crippen LogP contribution in [0.5, 0.6) is 0 Å². The molecule has 1 heterocycles. The van der Waals surface area contributed by atoms with Gasteiger partial charge in [-0.15, -0.1) is 24.8 Å². The lowest BCUT2D eigenvalue weighted by Crippen LogP contribution is -2.55. The minimum absolute atomic E-state index is 0. The van der Waals surface area contributed by atoms with E-state index in [1.165, 1.54) is 5.56 Å². The fourth-order valence-corrected chi connectivity index (χ4v) is 4.42. The van der Waals surface area contributed by atoms with Crippen LogP contribution in [0.3, 0.4) is 0 Å². The predicted octanol–water partition coefficient (Wildman–Crippen LogP) is 1.71. The van der Waals surface area contributed by atoms with E-state index in [1.807, 2.05) is 12.1 Å². The standard InChI is InChI=1S/C24H32N4O3.ClH/c1-4-9-20(27-22(29)16(2)25-3)24(31)28-15-8-14-21(28)23(30)26-19-13-7-11-17-10-5-6-12-18(17)19;/h1,5-6,10,12,16,19-21,25H,7-9,11,13-15H2,2-3H3,(H,26,30)(H,27,29);1H/t16?,19-,20?,21?;/m1./s1. The van der Waals surface area contributed by atoms with Crippen LogP contribution in [0.15, 0.2) is 24.3 Å². The molecule has 32 heavy (non-hydrogen) atoms. The molecule has 7 nitrogen and oxygen atoms in total. The second-order valence-electron chi connectivity index (χ2n) is 8.32. The minimum Gasteiger partial charge on any atom is -0.347 e. The highest BCUT2D eigenvalue weighted by molar-refractivity contribution is 5.93. The first-order valence-corrected chi connectivity index (χ1v) is 11.1. The van der Waals surface area contributed by atoms with E-state index >= 15 is 0 Å². The van der Waals surface area contributed by atoms with Crippen LogP contribution in [-0.2, 0) is 20.8 Å². The third-order valence-corrected chi connectivity index (χ3v) is 6.29. The predicted molar refractivity (Wildman–Crippen MR) is 126 cm³/mol. The van der Waals surface area contributed by atoms with Gasteiger partial charge in [-0.3, -0.25) is 14.4 Å². The highest BCUT2D eigenvalue weighted by Crippen LogP contribution is 2.30. The Bertz CT molecular complexity index is 869. The summed E-state index contributed by atoms with van der Waals surface area (Å²) in [5, 5.41) is 8.75. The van der Waals surface area contributed by atoms with Crippen molar-refractivity contribution in [3.8, 4) is 12.3 Å². The van der Waals surface area contributed by atoms with Crippen LogP contribution in [0.4, 0.5) is 0 Å². The average molecular weight is 461 g/mol. The van der Waals surface area contributed by atoms with E-state index in [0.717, 1.165) is 31.2 Å². The van der Waals surface area contributed by atoms with E-state index < -0.39 is 18.1 Å². The van der Waals surface area contributed by atoms with Gasteiger partial charge < -0.3 is 20.9 Å². The summed E-state index contributed by atoms with van der Waals surface area (Å²) in [4.78, 5) is 40.2. The molecule has 3 unspecified atom stereocenters. The summed E-state index contributed by atoms with van der Waals surface area (Å²) in [7, 11) is 1.67. The number of benzene rings is 1. The van der Waals surface area contributed by atoms with Gasteiger partial charge >= 0.3 is 0 Å². The molecular formula is C24H33ClN4O3. The smallest absolute Gasteiger partial charge is 0.246 e. The molecule has 0 bridgehead atoms. The number of rotatable bonds is 7. The van der Waals surface area contributed by atoms with Crippen molar-refractivity contribution < 1.29 is 14.4 Å². The van der Waals surface area contributed by atoms with Crippen molar-refractivity contribution in [3.63, 3.8) is 0 Å². The molecule has 2 aliphatic rings. The van der Waals surface area contributed by atoms with Gasteiger partial charge in [0.1, 0.15) is 12.1 Å². The molecule has 1 fully saturated rings. The molecule has 8 heteroatoms. The zero-order valence-corrected chi connectivity index (χ0v) is 19.5. The van der Waals surface area contributed by atoms with E-state index in [2.05, 4.69) is 34.0 Å². The number of aryl methyl sites for hydroxylation is 1. The first-order chi connectivity index (χ1) is 15.0. The SMILES string of the molecule is C#CCC(NC(=O)C(C)NC)C(=O)N1CCCC1C(=O)N[C@@H]1CCCc2ccccc21.Cl. The Morgan fingerprint density at radius 2 is 1.97 bits per heavy atom. The summed E-state index contributed by atoms with van der Waals surface area (Å²) in [6.45, 7) is 2.19. The summed E-state index contributed by atoms with van der Waals surface area (Å²) in [6, 6.07) is 6.34. The number of terminal acetylenes is 1. The molecule has 0 saturated carbocycles. The molecule has 1 aromatic carbocycles. The topological polar surface area (TPSA) is 90.5 Å². The van der Waals surface area contributed by atoms with Crippen molar-refractivity contribution in [3.05, 3.63) is 35.4 Å². The van der Waals surface area contributed by atoms with Gasteiger partial charge in [0.2, 0.25) is 17.7 Å². The number of nitrogens with one attached hydrogen (secondary N) is 3. The Hall–Kier alpha value is -2.56. The van der Waals surface area contributed by atoms with Crippen molar-refractivity contribution in [1.82, 2.24) is 20.9 Å². The lowest BCUT2D eigenvalue weighted by molar-refractivity contribution is -0.141. The number of likely N-dealkylation sites (N-methyl/N-ethyl adjacent to an activating group) is 1. The van der Waals surface area contributed by atoms with Gasteiger partial charge in [0.25, 0.3) is 0 Å². The van der Waals surface area contributed by atoms with E-state index in [9.17, 15) is 14.4 Å². The molecule has 3 N–H and O–H groups in total. The van der Waals surface area contributed by atoms with Crippen molar-refractivity contribution in [2.45, 2.75) is 69.6 Å². The van der Waals surface area contributed by atoms with Crippen LogP contribution in [-0.4, -0.2) is 54.3 Å². The maximum Gasteiger partial charge on any atom is 0.246 e. The molecule has 1 aliphatic carbocycles. The van der Waals surface area contributed by atoms with Gasteiger partial charge in [-0.05, 0) is 57.2 Å². The number of amides is 3. The van der Waals surface area contributed by atoms with Gasteiger partial charge in [0.15, 0.2) is 0 Å². The number of halogens is 1. The Morgan fingerprint density at radius 3 is 2.69 bits per heavy atom. The van der Waals surface area contributed by atoms with Crippen LogP contribution in [0.25, 0.3) is 0 Å². The molecule has 1 saturated heterocycles. The highest BCUT2D eigenvalue weighted by Gasteiger charge is 2.38. The molecule has 3 rings (SSSR count). The molecule has 0 spiro atoms. The maximum atomic E-state index is 13.2. The minimum atomic E-state index is -0.836. The molecular weight excluding hydrogens is 428 g/mol. The number of fused-ring (bicyclic) bond motifs is 1. The summed E-state index contributed by atoms with van der Waals surface area (Å²) in [6.07, 6.45) is 9.82. The number of nitrogens with zero attached hydrogens (tertiary/aromatic N) is 1. The highest BCUT2D eigenvalue weighted by atomic mass is 35.5. The van der Waals surface area contributed by atoms with Crippen molar-refractivity contribution in [2.24, 2.45) is 0 Å². The number of hydrogen-bond acceptors (Lipinski definition) is 4. The molecule has 1 aromatic rings. The summed E-state index contributed by atoms with van der Waals surface area (Å²) >= 11 is 0. The Labute approximate surface area is 196 Å². The quantitative estimate of drug-likeness (QED) is 0.540. The third-order valence-electron chi connectivity index (χ3n) is 6.29. The first kappa shape index (κ1) is 25.7. The summed E-state index contributed by atoms with van der Waals surface area (Å²) in [5.74, 6) is 1.74. The average Bonchev–Trinajstić information content (AvgIpc) is 3.28. The number of likely N-dealkylation sites (tertiary alicyclic amines) is 1. The third kappa shape index (κ3) is 5.81. The first-order valence-electron chi connectivity index (χ1n) is 11.1. The summed E-state index contributed by atoms with van der Waals surface area (Å²) < 4.78 is 0. The van der Waals surface area contributed by atoms with Crippen LogP contribution >= 0.6 is 12.4 Å². The van der Waals surface area contributed by atoms with Crippen LogP contribution in [0.2, 0.25) is 0 Å². The van der Waals surface area contributed by atoms with Crippen molar-refractivity contribution in [2.75, 3.05) is 13.6 Å².